The SMILES string of the molecule is Cc1ccc(OP=O)c(Cl)c1. The van der Waals surface area contributed by atoms with E-state index in [1.807, 2.05) is 13.0 Å². The van der Waals surface area contributed by atoms with E-state index in [9.17, 15) is 4.57 Å². The molecule has 1 aromatic rings. The van der Waals surface area contributed by atoms with E-state index in [0.717, 1.165) is 5.56 Å². The molecule has 0 aliphatic carbocycles. The van der Waals surface area contributed by atoms with Crippen LogP contribution in [0.5, 0.6) is 5.75 Å². The zero-order chi connectivity index (χ0) is 8.27. The van der Waals surface area contributed by atoms with Gasteiger partial charge in [0.2, 0.25) is 0 Å². The number of hydrogen-bond acceptors (Lipinski definition) is 2. The number of benzene rings is 1. The van der Waals surface area contributed by atoms with Gasteiger partial charge in [0.05, 0.1) is 5.02 Å². The predicted octanol–water partition coefficient (Wildman–Crippen LogP) is 3.23. The first-order chi connectivity index (χ1) is 5.24. The van der Waals surface area contributed by atoms with Gasteiger partial charge >= 0.3 is 8.69 Å². The molecule has 0 aromatic heterocycles. The van der Waals surface area contributed by atoms with Crippen LogP contribution >= 0.6 is 20.3 Å². The molecule has 0 radical (unpaired) electrons. The molecule has 1 aromatic carbocycles. The molecule has 0 aliphatic rings. The molecule has 0 heterocycles. The molecule has 0 atom stereocenters. The lowest BCUT2D eigenvalue weighted by Crippen LogP contribution is -1.78. The fourth-order valence-electron chi connectivity index (χ4n) is 0.720. The molecule has 0 unspecified atom stereocenters. The van der Waals surface area contributed by atoms with Gasteiger partial charge in [-0.1, -0.05) is 17.7 Å². The van der Waals surface area contributed by atoms with Crippen LogP contribution in [0.4, 0.5) is 0 Å². The van der Waals surface area contributed by atoms with Crippen LogP contribution in [0.15, 0.2) is 18.2 Å². The van der Waals surface area contributed by atoms with Gasteiger partial charge in [-0.15, -0.1) is 0 Å². The quantitative estimate of drug-likeness (QED) is 0.666. The fraction of sp³-hybridized carbons (Fsp3) is 0.143. The first-order valence-electron chi connectivity index (χ1n) is 3.00. The van der Waals surface area contributed by atoms with Gasteiger partial charge in [-0.3, -0.25) is 0 Å². The Hall–Kier alpha value is -0.590. The van der Waals surface area contributed by atoms with Gasteiger partial charge in [0.1, 0.15) is 0 Å². The Labute approximate surface area is 71.4 Å². The molecule has 0 N–H and O–H groups in total. The van der Waals surface area contributed by atoms with Crippen LogP contribution in [0.2, 0.25) is 5.02 Å². The molecule has 0 fully saturated rings. The molecule has 58 valence electrons. The molecule has 0 spiro atoms. The maximum absolute atomic E-state index is 10.0. The Kier molecular flexibility index (Phi) is 2.86. The van der Waals surface area contributed by atoms with Crippen molar-refractivity contribution in [3.05, 3.63) is 28.8 Å². The molecule has 0 saturated carbocycles. The van der Waals surface area contributed by atoms with Gasteiger partial charge in [-0.25, -0.2) is 4.57 Å². The lowest BCUT2D eigenvalue weighted by atomic mass is 10.2. The first-order valence-corrected chi connectivity index (χ1v) is 4.10. The molecule has 0 saturated heterocycles. The van der Waals surface area contributed by atoms with E-state index >= 15 is 0 Å². The number of hydrogen-bond donors (Lipinski definition) is 0. The minimum atomic E-state index is -0.383. The fourth-order valence-corrected chi connectivity index (χ4v) is 1.29. The minimum Gasteiger partial charge on any atom is -0.406 e. The second-order valence-electron chi connectivity index (χ2n) is 2.10. The third kappa shape index (κ3) is 2.18. The molecular formula is C7H6ClO2P. The second-order valence-corrected chi connectivity index (χ2v) is 2.84. The summed E-state index contributed by atoms with van der Waals surface area (Å²) in [4.78, 5) is 0. The Bertz CT molecular complexity index is 275. The highest BCUT2D eigenvalue weighted by molar-refractivity contribution is 7.17. The van der Waals surface area contributed by atoms with Gasteiger partial charge < -0.3 is 4.52 Å². The Morgan fingerprint density at radius 1 is 1.55 bits per heavy atom. The summed E-state index contributed by atoms with van der Waals surface area (Å²) in [5.41, 5.74) is 1.05. The molecule has 0 bridgehead atoms. The summed E-state index contributed by atoms with van der Waals surface area (Å²) in [5.74, 6) is 0.439. The van der Waals surface area contributed by atoms with E-state index in [1.54, 1.807) is 12.1 Å². The topological polar surface area (TPSA) is 26.3 Å². The highest BCUT2D eigenvalue weighted by Gasteiger charge is 1.99. The van der Waals surface area contributed by atoms with Crippen molar-refractivity contribution in [2.24, 2.45) is 0 Å². The average molecular weight is 189 g/mol. The molecule has 2 nitrogen and oxygen atoms in total. The van der Waals surface area contributed by atoms with Crippen molar-refractivity contribution in [2.45, 2.75) is 6.92 Å². The van der Waals surface area contributed by atoms with Crippen LogP contribution in [0, 0.1) is 6.92 Å². The maximum Gasteiger partial charge on any atom is 0.395 e. The smallest absolute Gasteiger partial charge is 0.395 e. The van der Waals surface area contributed by atoms with Crippen LogP contribution < -0.4 is 4.52 Å². The molecule has 11 heavy (non-hydrogen) atoms. The Morgan fingerprint density at radius 2 is 2.27 bits per heavy atom. The van der Waals surface area contributed by atoms with Gasteiger partial charge in [-0.05, 0) is 24.6 Å². The summed E-state index contributed by atoms with van der Waals surface area (Å²) in [5, 5.41) is 0.480. The van der Waals surface area contributed by atoms with Crippen molar-refractivity contribution in [3.8, 4) is 5.75 Å². The van der Waals surface area contributed by atoms with Crippen molar-refractivity contribution in [1.82, 2.24) is 0 Å². The van der Waals surface area contributed by atoms with Gasteiger partial charge in [0.15, 0.2) is 5.75 Å². The second kappa shape index (κ2) is 3.70. The number of aryl methyl sites for hydroxylation is 1. The number of halogens is 1. The van der Waals surface area contributed by atoms with Crippen molar-refractivity contribution < 1.29 is 9.09 Å². The third-order valence-electron chi connectivity index (χ3n) is 1.22. The number of rotatable bonds is 2. The van der Waals surface area contributed by atoms with E-state index in [4.69, 9.17) is 11.6 Å². The normalized spacial score (nSPS) is 10.0. The Morgan fingerprint density at radius 3 is 2.82 bits per heavy atom. The standard InChI is InChI=1S/C7H6ClO2P/c1-5-2-3-7(10-11-9)6(8)4-5/h2-4H,1H3. The lowest BCUT2D eigenvalue weighted by molar-refractivity contribution is 0.525. The van der Waals surface area contributed by atoms with Gasteiger partial charge in [0.25, 0.3) is 0 Å². The van der Waals surface area contributed by atoms with Crippen LogP contribution in [0.25, 0.3) is 0 Å². The van der Waals surface area contributed by atoms with Crippen molar-refractivity contribution >= 4 is 20.3 Å². The monoisotopic (exact) mass is 188 g/mol. The molecular weight excluding hydrogens is 183 g/mol. The average Bonchev–Trinajstić information content (AvgIpc) is 1.95. The molecule has 0 amide bonds. The van der Waals surface area contributed by atoms with E-state index < -0.39 is 0 Å². The van der Waals surface area contributed by atoms with Gasteiger partial charge in [-0.2, -0.15) is 0 Å². The molecule has 4 heteroatoms. The van der Waals surface area contributed by atoms with Crippen molar-refractivity contribution in [2.75, 3.05) is 0 Å². The van der Waals surface area contributed by atoms with E-state index in [0.29, 0.717) is 10.8 Å². The van der Waals surface area contributed by atoms with Crippen LogP contribution in [0.1, 0.15) is 5.56 Å². The van der Waals surface area contributed by atoms with E-state index in [-0.39, 0.29) is 8.69 Å². The third-order valence-corrected chi connectivity index (χ3v) is 1.79. The van der Waals surface area contributed by atoms with E-state index in [1.165, 1.54) is 0 Å². The molecule has 1 rings (SSSR count). The van der Waals surface area contributed by atoms with Crippen molar-refractivity contribution in [3.63, 3.8) is 0 Å². The van der Waals surface area contributed by atoms with Crippen LogP contribution in [0.3, 0.4) is 0 Å². The zero-order valence-electron chi connectivity index (χ0n) is 5.87. The maximum atomic E-state index is 10.0. The summed E-state index contributed by atoms with van der Waals surface area (Å²) in [6.45, 7) is 1.92. The Balaban J connectivity index is 2.98. The van der Waals surface area contributed by atoms with Crippen LogP contribution in [-0.2, 0) is 4.57 Å². The molecule has 0 aliphatic heterocycles. The summed E-state index contributed by atoms with van der Waals surface area (Å²) < 4.78 is 14.7. The predicted molar refractivity (Wildman–Crippen MR) is 44.4 cm³/mol. The highest BCUT2D eigenvalue weighted by Crippen LogP contribution is 2.27. The van der Waals surface area contributed by atoms with Crippen molar-refractivity contribution in [1.29, 1.82) is 0 Å². The minimum absolute atomic E-state index is 0.383. The van der Waals surface area contributed by atoms with E-state index in [2.05, 4.69) is 4.52 Å². The summed E-state index contributed by atoms with van der Waals surface area (Å²) >= 11 is 5.74. The summed E-state index contributed by atoms with van der Waals surface area (Å²) in [6.07, 6.45) is 0. The highest BCUT2D eigenvalue weighted by atomic mass is 35.5. The largest absolute Gasteiger partial charge is 0.406 e. The van der Waals surface area contributed by atoms with Crippen LogP contribution in [-0.4, -0.2) is 0 Å². The summed E-state index contributed by atoms with van der Waals surface area (Å²) in [6, 6.07) is 5.27. The first kappa shape index (κ1) is 8.51. The lowest BCUT2D eigenvalue weighted by Gasteiger charge is -1.99. The zero-order valence-corrected chi connectivity index (χ0v) is 7.52. The summed E-state index contributed by atoms with van der Waals surface area (Å²) in [7, 11) is -0.383. The van der Waals surface area contributed by atoms with Gasteiger partial charge in [0, 0.05) is 0 Å².